The monoisotopic (exact) mass is 325 g/mol. The zero-order chi connectivity index (χ0) is 12.8. The normalized spacial score (nSPS) is 14.2. The molecule has 0 N–H and O–H groups in total. The van der Waals surface area contributed by atoms with E-state index < -0.39 is 7.51 Å². The van der Waals surface area contributed by atoms with Gasteiger partial charge in [0.25, 0.3) is 0 Å². The molecule has 0 aromatic carbocycles. The first-order valence-electron chi connectivity index (χ1n) is 5.98. The second kappa shape index (κ2) is 13.8. The van der Waals surface area contributed by atoms with Crippen LogP contribution >= 0.6 is 7.51 Å². The molecule has 0 aliphatic heterocycles. The van der Waals surface area contributed by atoms with Crippen LogP contribution in [0.4, 0.5) is 0 Å². The van der Waals surface area contributed by atoms with Crippen molar-refractivity contribution in [2.45, 2.75) is 32.1 Å². The summed E-state index contributed by atoms with van der Waals surface area (Å²) in [7, 11) is 9.11. The molecule has 1 aliphatic rings. The molecule has 0 bridgehead atoms. The average molecular weight is 325 g/mol. The average Bonchev–Trinajstić information content (AvgIpc) is 2.73. The van der Waals surface area contributed by atoms with Gasteiger partial charge in [-0.3, -0.25) is 14.0 Å². The second-order valence-corrected chi connectivity index (χ2v) is 8.32. The van der Waals surface area contributed by atoms with Crippen molar-refractivity contribution in [1.82, 2.24) is 14.0 Å². The van der Waals surface area contributed by atoms with Crippen molar-refractivity contribution < 1.29 is 21.7 Å². The Labute approximate surface area is 137 Å². The van der Waals surface area contributed by atoms with Gasteiger partial charge in [0, 0.05) is 0 Å². The Balaban J connectivity index is -0.000000121. The smallest absolute Gasteiger partial charge is 0.770 e. The largest absolute Gasteiger partial charge is 4.00 e. The summed E-state index contributed by atoms with van der Waals surface area (Å²) in [4.78, 5) is 0. The number of hydrogen-bond donors (Lipinski definition) is 0. The topological polar surface area (TPSA) is 32.0 Å². The van der Waals surface area contributed by atoms with Crippen LogP contribution in [0, 0.1) is 14.9 Å². The van der Waals surface area contributed by atoms with Gasteiger partial charge in [-0.2, -0.15) is 0 Å². The Bertz CT molecular complexity index is 193. The Morgan fingerprint density at radius 2 is 0.789 bits per heavy atom. The van der Waals surface area contributed by atoms with Gasteiger partial charge in [-0.25, -0.2) is 0 Å². The summed E-state index contributed by atoms with van der Waals surface area (Å²) < 4.78 is 5.56. The molecule has 0 radical (unpaired) electrons. The molecule has 1 saturated carbocycles. The quantitative estimate of drug-likeness (QED) is 0.446. The molecule has 0 saturated heterocycles. The molecule has 0 unspecified atom stereocenters. The van der Waals surface area contributed by atoms with Crippen molar-refractivity contribution in [3.8, 4) is 0 Å². The summed E-state index contributed by atoms with van der Waals surface area (Å²) in [5, 5.41) is 10.1. The maximum Gasteiger partial charge on any atom is 4.00 e. The molecule has 0 spiro atoms. The SMILES string of the molecule is C1CCCC1.CN(C)P(=[N-])(N(C)C)N(C)C.[CH3-].[CH3-].[Ti+4]. The van der Waals surface area contributed by atoms with Crippen LogP contribution in [0.5, 0.6) is 0 Å². The molecule has 0 aromatic heterocycles. The minimum atomic E-state index is -2.19. The first-order chi connectivity index (χ1) is 7.33. The first kappa shape index (κ1) is 28.1. The molecular formula is C13H34N4PTi+. The van der Waals surface area contributed by atoms with E-state index >= 15 is 0 Å². The summed E-state index contributed by atoms with van der Waals surface area (Å²) in [5.41, 5.74) is 0. The van der Waals surface area contributed by atoms with Crippen molar-refractivity contribution in [1.29, 1.82) is 0 Å². The van der Waals surface area contributed by atoms with Crippen molar-refractivity contribution in [2.24, 2.45) is 0 Å². The molecule has 1 aliphatic carbocycles. The molecule has 6 heteroatoms. The minimum Gasteiger partial charge on any atom is -0.770 e. The van der Waals surface area contributed by atoms with E-state index in [-0.39, 0.29) is 36.6 Å². The van der Waals surface area contributed by atoms with E-state index in [2.05, 4.69) is 0 Å². The first-order valence-corrected chi connectivity index (χ1v) is 7.58. The third kappa shape index (κ3) is 9.39. The fourth-order valence-electron chi connectivity index (χ4n) is 1.96. The molecule has 0 heterocycles. The Morgan fingerprint density at radius 1 is 0.632 bits per heavy atom. The van der Waals surface area contributed by atoms with Crippen molar-refractivity contribution in [2.75, 3.05) is 42.3 Å². The van der Waals surface area contributed by atoms with Gasteiger partial charge in [0.15, 0.2) is 0 Å². The molecule has 1 rings (SSSR count). The molecule has 114 valence electrons. The van der Waals surface area contributed by atoms with Gasteiger partial charge in [-0.05, 0) is 49.8 Å². The Morgan fingerprint density at radius 3 is 0.842 bits per heavy atom. The summed E-state index contributed by atoms with van der Waals surface area (Å²) in [5.74, 6) is 0. The van der Waals surface area contributed by atoms with Gasteiger partial charge in [0.1, 0.15) is 0 Å². The molecule has 0 atom stereocenters. The Kier molecular flexibility index (Phi) is 20.4. The van der Waals surface area contributed by atoms with E-state index in [9.17, 15) is 5.16 Å². The van der Waals surface area contributed by atoms with Gasteiger partial charge in [-0.1, -0.05) is 32.1 Å². The fourth-order valence-corrected chi connectivity index (χ4v) is 4.10. The zero-order valence-electron chi connectivity index (χ0n) is 14.3. The van der Waals surface area contributed by atoms with Crippen LogP contribution in [0.3, 0.4) is 0 Å². The summed E-state index contributed by atoms with van der Waals surface area (Å²) in [6.07, 6.45) is 7.50. The summed E-state index contributed by atoms with van der Waals surface area (Å²) in [6.45, 7) is 0. The van der Waals surface area contributed by atoms with Crippen LogP contribution < -0.4 is 0 Å². The van der Waals surface area contributed by atoms with Gasteiger partial charge in [-0.15, -0.1) is 0 Å². The van der Waals surface area contributed by atoms with E-state index in [1.807, 2.05) is 56.3 Å². The van der Waals surface area contributed by atoms with Crippen molar-refractivity contribution in [3.05, 3.63) is 20.0 Å². The van der Waals surface area contributed by atoms with Crippen LogP contribution in [-0.2, 0) is 21.7 Å². The maximum absolute atomic E-state index is 10.1. The second-order valence-electron chi connectivity index (χ2n) is 4.85. The summed E-state index contributed by atoms with van der Waals surface area (Å²) in [6, 6.07) is 0. The molecule has 1 fully saturated rings. The number of rotatable bonds is 3. The van der Waals surface area contributed by atoms with Crippen LogP contribution in [0.2, 0.25) is 0 Å². The van der Waals surface area contributed by atoms with E-state index in [1.165, 1.54) is 32.1 Å². The van der Waals surface area contributed by atoms with Crippen molar-refractivity contribution in [3.63, 3.8) is 0 Å². The standard InChI is InChI=1S/C6H18N4P.C5H10.2CH3.Ti/c1-8(2)11(7,9(3)4)10(5)6;1-2-4-5-3-1;;;/h1-6H3;1-5H2;2*1H3;/q-1;;2*-1;+4. The summed E-state index contributed by atoms with van der Waals surface area (Å²) >= 11 is 0. The number of hydrogen-bond acceptors (Lipinski definition) is 0. The fraction of sp³-hybridized carbons (Fsp3) is 0.846. The predicted octanol–water partition coefficient (Wildman–Crippen LogP) is 4.04. The van der Waals surface area contributed by atoms with E-state index in [0.29, 0.717) is 0 Å². The molecular weight excluding hydrogens is 291 g/mol. The zero-order valence-corrected chi connectivity index (χ0v) is 16.7. The van der Waals surface area contributed by atoms with Gasteiger partial charge in [0.05, 0.1) is 0 Å². The van der Waals surface area contributed by atoms with Crippen LogP contribution in [-0.4, -0.2) is 56.3 Å². The van der Waals surface area contributed by atoms with Gasteiger partial charge in [0.2, 0.25) is 0 Å². The molecule has 0 aromatic rings. The minimum absolute atomic E-state index is 0. The number of nitrogens with zero attached hydrogens (tertiary/aromatic N) is 4. The Hall–Kier alpha value is 0.824. The van der Waals surface area contributed by atoms with E-state index in [1.54, 1.807) is 0 Å². The van der Waals surface area contributed by atoms with Gasteiger partial charge >= 0.3 is 21.7 Å². The van der Waals surface area contributed by atoms with Crippen LogP contribution in [0.15, 0.2) is 0 Å². The molecule has 4 nitrogen and oxygen atoms in total. The van der Waals surface area contributed by atoms with Crippen LogP contribution in [0.1, 0.15) is 32.1 Å². The third-order valence-electron chi connectivity index (χ3n) is 2.86. The molecule has 0 amide bonds. The van der Waals surface area contributed by atoms with E-state index in [4.69, 9.17) is 0 Å². The van der Waals surface area contributed by atoms with Crippen LogP contribution in [0.25, 0.3) is 5.16 Å². The van der Waals surface area contributed by atoms with E-state index in [0.717, 1.165) is 0 Å². The van der Waals surface area contributed by atoms with Crippen molar-refractivity contribution >= 4 is 7.51 Å². The van der Waals surface area contributed by atoms with Gasteiger partial charge < -0.3 is 20.0 Å². The molecule has 19 heavy (non-hydrogen) atoms. The predicted molar refractivity (Wildman–Crippen MR) is 87.3 cm³/mol. The third-order valence-corrected chi connectivity index (χ3v) is 6.08. The maximum atomic E-state index is 10.1.